The van der Waals surface area contributed by atoms with Crippen molar-refractivity contribution in [2.75, 3.05) is 26.9 Å². The Balaban J connectivity index is 3.91. The normalized spacial score (nSPS) is 13.3. The molecule has 0 aliphatic carbocycles. The molecule has 0 fully saturated rings. The largest absolute Gasteiger partial charge is 0.467 e. The molecular weight excluding hydrogens is 272 g/mol. The van der Waals surface area contributed by atoms with Crippen molar-refractivity contribution in [3.63, 3.8) is 0 Å². The number of hydrogen-bond donors (Lipinski definition) is 2. The Bertz CT molecular complexity index is 297. The van der Waals surface area contributed by atoms with E-state index in [0.717, 1.165) is 32.3 Å². The van der Waals surface area contributed by atoms with Crippen LogP contribution in [0.3, 0.4) is 0 Å². The highest BCUT2D eigenvalue weighted by molar-refractivity contribution is 5.83. The molecule has 2 amide bonds. The highest BCUT2D eigenvalue weighted by atomic mass is 16.5. The lowest BCUT2D eigenvalue weighted by Crippen LogP contribution is -2.49. The predicted molar refractivity (Wildman–Crippen MR) is 82.1 cm³/mol. The van der Waals surface area contributed by atoms with Gasteiger partial charge in [-0.05, 0) is 18.8 Å². The van der Waals surface area contributed by atoms with Crippen LogP contribution in [-0.2, 0) is 14.3 Å². The van der Waals surface area contributed by atoms with Gasteiger partial charge in [0, 0.05) is 19.8 Å². The maximum absolute atomic E-state index is 11.8. The van der Waals surface area contributed by atoms with Gasteiger partial charge in [0.1, 0.15) is 6.04 Å². The monoisotopic (exact) mass is 302 g/mol. The molecule has 124 valence electrons. The molecule has 0 aromatic heterocycles. The highest BCUT2D eigenvalue weighted by Crippen LogP contribution is 2.08. The molecule has 0 bridgehead atoms. The second kappa shape index (κ2) is 12.4. The second-order valence-corrected chi connectivity index (χ2v) is 5.11. The van der Waals surface area contributed by atoms with Crippen LogP contribution in [0.25, 0.3) is 0 Å². The third-order valence-corrected chi connectivity index (χ3v) is 3.35. The number of urea groups is 1. The lowest BCUT2D eigenvalue weighted by atomic mass is 9.99. The molecule has 0 aliphatic heterocycles. The maximum Gasteiger partial charge on any atom is 0.328 e. The molecule has 0 heterocycles. The topological polar surface area (TPSA) is 76.7 Å². The van der Waals surface area contributed by atoms with Crippen LogP contribution in [0.1, 0.15) is 46.5 Å². The van der Waals surface area contributed by atoms with Crippen molar-refractivity contribution in [2.24, 2.45) is 5.92 Å². The molecule has 0 spiro atoms. The molecule has 1 unspecified atom stereocenters. The quantitative estimate of drug-likeness (QED) is 0.452. The van der Waals surface area contributed by atoms with Gasteiger partial charge in [0.05, 0.1) is 7.11 Å². The number of hydrogen-bond acceptors (Lipinski definition) is 4. The minimum atomic E-state index is -0.610. The van der Waals surface area contributed by atoms with E-state index in [2.05, 4.69) is 17.6 Å². The third kappa shape index (κ3) is 9.28. The van der Waals surface area contributed by atoms with Crippen LogP contribution < -0.4 is 10.6 Å². The average molecular weight is 302 g/mol. The molecule has 0 aliphatic rings. The molecule has 0 saturated heterocycles. The summed E-state index contributed by atoms with van der Waals surface area (Å²) in [5.74, 6) is -0.386. The minimum absolute atomic E-state index is 0.0283. The number of nitrogens with one attached hydrogen (secondary N) is 2. The van der Waals surface area contributed by atoms with E-state index in [1.807, 2.05) is 13.8 Å². The third-order valence-electron chi connectivity index (χ3n) is 3.35. The summed E-state index contributed by atoms with van der Waals surface area (Å²) in [4.78, 5) is 23.4. The molecule has 0 rings (SSSR count). The van der Waals surface area contributed by atoms with Crippen molar-refractivity contribution in [2.45, 2.75) is 52.5 Å². The number of carbonyl (C=O) groups is 2. The number of methoxy groups -OCH3 is 1. The zero-order valence-electron chi connectivity index (χ0n) is 13.7. The van der Waals surface area contributed by atoms with Crippen molar-refractivity contribution >= 4 is 12.0 Å². The van der Waals surface area contributed by atoms with Crippen LogP contribution in [-0.4, -0.2) is 44.9 Å². The van der Waals surface area contributed by atoms with Crippen molar-refractivity contribution in [3.05, 3.63) is 0 Å². The highest BCUT2D eigenvalue weighted by Gasteiger charge is 2.26. The summed E-state index contributed by atoms with van der Waals surface area (Å²) in [6.07, 6.45) is 3.71. The number of ether oxygens (including phenoxy) is 2. The van der Waals surface area contributed by atoms with Crippen LogP contribution in [0.15, 0.2) is 0 Å². The average Bonchev–Trinajstić information content (AvgIpc) is 2.50. The molecule has 21 heavy (non-hydrogen) atoms. The second-order valence-electron chi connectivity index (χ2n) is 5.11. The zero-order chi connectivity index (χ0) is 16.1. The first-order chi connectivity index (χ1) is 10.1. The van der Waals surface area contributed by atoms with Crippen molar-refractivity contribution < 1.29 is 19.1 Å². The van der Waals surface area contributed by atoms with Gasteiger partial charge in [0.25, 0.3) is 0 Å². The molecule has 6 nitrogen and oxygen atoms in total. The van der Waals surface area contributed by atoms with Gasteiger partial charge >= 0.3 is 12.0 Å². The Morgan fingerprint density at radius 2 is 1.81 bits per heavy atom. The van der Waals surface area contributed by atoms with Crippen LogP contribution in [0.5, 0.6) is 0 Å². The van der Waals surface area contributed by atoms with Gasteiger partial charge in [0.15, 0.2) is 0 Å². The fourth-order valence-corrected chi connectivity index (χ4v) is 1.71. The van der Waals surface area contributed by atoms with E-state index < -0.39 is 12.0 Å². The Kier molecular flexibility index (Phi) is 11.7. The van der Waals surface area contributed by atoms with E-state index >= 15 is 0 Å². The van der Waals surface area contributed by atoms with Gasteiger partial charge in [0.2, 0.25) is 0 Å². The molecular formula is C15H30N2O4. The van der Waals surface area contributed by atoms with E-state index in [9.17, 15) is 9.59 Å². The predicted octanol–water partition coefficient (Wildman–Crippen LogP) is 2.08. The summed E-state index contributed by atoms with van der Waals surface area (Å²) in [6, 6.07) is -0.958. The summed E-state index contributed by atoms with van der Waals surface area (Å²) >= 11 is 0. The van der Waals surface area contributed by atoms with Crippen LogP contribution in [0, 0.1) is 5.92 Å². The standard InChI is InChI=1S/C15H30N2O4/c1-5-7-10-21-11-8-9-16-15(19)17-13(12(3)6-2)14(18)20-4/h12-13H,5-11H2,1-4H3,(H2,16,17,19)/t12?,13-/m0/s1. The van der Waals surface area contributed by atoms with Gasteiger partial charge in [-0.1, -0.05) is 33.6 Å². The fourth-order valence-electron chi connectivity index (χ4n) is 1.71. The summed E-state index contributed by atoms with van der Waals surface area (Å²) in [5.41, 5.74) is 0. The van der Waals surface area contributed by atoms with Gasteiger partial charge in [-0.3, -0.25) is 0 Å². The lowest BCUT2D eigenvalue weighted by molar-refractivity contribution is -0.144. The SMILES string of the molecule is CCCCOCCCNC(=O)N[C@H](C(=O)OC)C(C)CC. The van der Waals surface area contributed by atoms with Crippen LogP contribution in [0.2, 0.25) is 0 Å². The molecule has 0 aromatic carbocycles. The number of amides is 2. The van der Waals surface area contributed by atoms with E-state index in [1.54, 1.807) is 0 Å². The zero-order valence-corrected chi connectivity index (χ0v) is 13.7. The lowest BCUT2D eigenvalue weighted by Gasteiger charge is -2.22. The molecule has 0 saturated carbocycles. The van der Waals surface area contributed by atoms with Crippen LogP contribution >= 0.6 is 0 Å². The van der Waals surface area contributed by atoms with Gasteiger partial charge in [-0.25, -0.2) is 9.59 Å². The number of carbonyl (C=O) groups excluding carboxylic acids is 2. The first kappa shape index (κ1) is 19.7. The Morgan fingerprint density at radius 1 is 1.14 bits per heavy atom. The molecule has 6 heteroatoms. The summed E-state index contributed by atoms with van der Waals surface area (Å²) in [5, 5.41) is 5.39. The Hall–Kier alpha value is -1.30. The molecule has 0 radical (unpaired) electrons. The summed E-state index contributed by atoms with van der Waals surface area (Å²) in [7, 11) is 1.32. The number of esters is 1. The Morgan fingerprint density at radius 3 is 2.38 bits per heavy atom. The van der Waals surface area contributed by atoms with Crippen LogP contribution in [0.4, 0.5) is 4.79 Å². The Labute approximate surface area is 127 Å². The fraction of sp³-hybridized carbons (Fsp3) is 0.867. The van der Waals surface area contributed by atoms with E-state index in [0.29, 0.717) is 13.2 Å². The molecule has 2 N–H and O–H groups in total. The van der Waals surface area contributed by atoms with E-state index in [4.69, 9.17) is 9.47 Å². The van der Waals surface area contributed by atoms with Gasteiger partial charge < -0.3 is 20.1 Å². The van der Waals surface area contributed by atoms with Crippen molar-refractivity contribution in [3.8, 4) is 0 Å². The first-order valence-electron chi connectivity index (χ1n) is 7.76. The molecule has 2 atom stereocenters. The number of rotatable bonds is 11. The van der Waals surface area contributed by atoms with Gasteiger partial charge in [-0.2, -0.15) is 0 Å². The maximum atomic E-state index is 11.8. The molecule has 0 aromatic rings. The van der Waals surface area contributed by atoms with Crippen molar-refractivity contribution in [1.82, 2.24) is 10.6 Å². The smallest absolute Gasteiger partial charge is 0.328 e. The van der Waals surface area contributed by atoms with Gasteiger partial charge in [-0.15, -0.1) is 0 Å². The van der Waals surface area contributed by atoms with E-state index in [1.165, 1.54) is 7.11 Å². The minimum Gasteiger partial charge on any atom is -0.467 e. The first-order valence-corrected chi connectivity index (χ1v) is 7.76. The summed E-state index contributed by atoms with van der Waals surface area (Å²) in [6.45, 7) is 7.90. The summed E-state index contributed by atoms with van der Waals surface area (Å²) < 4.78 is 10.1. The van der Waals surface area contributed by atoms with E-state index in [-0.39, 0.29) is 11.9 Å². The van der Waals surface area contributed by atoms with Crippen molar-refractivity contribution in [1.29, 1.82) is 0 Å². The number of unbranched alkanes of at least 4 members (excludes halogenated alkanes) is 1.